The summed E-state index contributed by atoms with van der Waals surface area (Å²) in [4.78, 5) is 0. The molecule has 0 amide bonds. The molecule has 4 heteroatoms. The molecule has 4 nitrogen and oxygen atoms in total. The molecular formula is C18H23NO3. The number of ether oxygens (including phenoxy) is 3. The predicted molar refractivity (Wildman–Crippen MR) is 88.0 cm³/mol. The van der Waals surface area contributed by atoms with E-state index >= 15 is 0 Å². The molecule has 0 spiro atoms. The lowest BCUT2D eigenvalue weighted by atomic mass is 10.1. The van der Waals surface area contributed by atoms with Crippen LogP contribution in [0.25, 0.3) is 0 Å². The Bertz CT molecular complexity index is 599. The van der Waals surface area contributed by atoms with E-state index < -0.39 is 0 Å². The second kappa shape index (κ2) is 8.29. The van der Waals surface area contributed by atoms with Crippen LogP contribution in [0.5, 0.6) is 17.2 Å². The minimum Gasteiger partial charge on any atom is -0.497 e. The summed E-state index contributed by atoms with van der Waals surface area (Å²) in [6.45, 7) is 1.67. The summed E-state index contributed by atoms with van der Waals surface area (Å²) in [6.07, 6.45) is 0.879. The number of benzene rings is 2. The Morgan fingerprint density at radius 3 is 2.36 bits per heavy atom. The fourth-order valence-corrected chi connectivity index (χ4v) is 2.32. The first kappa shape index (κ1) is 16.2. The summed E-state index contributed by atoms with van der Waals surface area (Å²) in [5, 5.41) is 3.44. The van der Waals surface area contributed by atoms with Crippen molar-refractivity contribution in [3.05, 3.63) is 53.6 Å². The van der Waals surface area contributed by atoms with Gasteiger partial charge in [0, 0.05) is 6.54 Å². The van der Waals surface area contributed by atoms with Crippen molar-refractivity contribution in [2.45, 2.75) is 13.0 Å². The van der Waals surface area contributed by atoms with Crippen LogP contribution in [-0.2, 0) is 13.0 Å². The Kier molecular flexibility index (Phi) is 6.10. The molecule has 0 atom stereocenters. The van der Waals surface area contributed by atoms with E-state index in [9.17, 15) is 0 Å². The molecule has 0 heterocycles. The molecule has 0 aliphatic rings. The van der Waals surface area contributed by atoms with Gasteiger partial charge >= 0.3 is 0 Å². The average Bonchev–Trinajstić information content (AvgIpc) is 2.58. The third kappa shape index (κ3) is 4.40. The molecule has 2 rings (SSSR count). The molecule has 0 aromatic heterocycles. The SMILES string of the molecule is COc1cccc(CNCCc2cc(OC)ccc2OC)c1. The Hall–Kier alpha value is -2.20. The summed E-state index contributed by atoms with van der Waals surface area (Å²) in [5.74, 6) is 2.63. The van der Waals surface area contributed by atoms with E-state index in [1.54, 1.807) is 21.3 Å². The molecule has 2 aromatic carbocycles. The molecule has 0 bridgehead atoms. The number of hydrogen-bond acceptors (Lipinski definition) is 4. The first-order chi connectivity index (χ1) is 10.8. The quantitative estimate of drug-likeness (QED) is 0.761. The molecule has 0 saturated heterocycles. The van der Waals surface area contributed by atoms with E-state index in [1.165, 1.54) is 5.56 Å². The minimum atomic E-state index is 0.809. The highest BCUT2D eigenvalue weighted by molar-refractivity contribution is 5.40. The first-order valence-electron chi connectivity index (χ1n) is 7.31. The van der Waals surface area contributed by atoms with Gasteiger partial charge in [-0.2, -0.15) is 0 Å². The van der Waals surface area contributed by atoms with Gasteiger partial charge in [0.15, 0.2) is 0 Å². The standard InChI is InChI=1S/C18H23NO3/c1-20-16-6-4-5-14(11-16)13-19-10-9-15-12-17(21-2)7-8-18(15)22-3/h4-8,11-12,19H,9-10,13H2,1-3H3. The monoisotopic (exact) mass is 301 g/mol. The molecule has 0 unspecified atom stereocenters. The lowest BCUT2D eigenvalue weighted by Crippen LogP contribution is -2.17. The summed E-state index contributed by atoms with van der Waals surface area (Å²) in [7, 11) is 5.04. The van der Waals surface area contributed by atoms with E-state index in [0.717, 1.165) is 42.3 Å². The van der Waals surface area contributed by atoms with Gasteiger partial charge in [0.25, 0.3) is 0 Å². The highest BCUT2D eigenvalue weighted by Crippen LogP contribution is 2.24. The van der Waals surface area contributed by atoms with Gasteiger partial charge in [0.05, 0.1) is 21.3 Å². The lowest BCUT2D eigenvalue weighted by Gasteiger charge is -2.11. The van der Waals surface area contributed by atoms with E-state index in [-0.39, 0.29) is 0 Å². The smallest absolute Gasteiger partial charge is 0.122 e. The van der Waals surface area contributed by atoms with Crippen molar-refractivity contribution in [1.82, 2.24) is 5.32 Å². The van der Waals surface area contributed by atoms with E-state index in [0.29, 0.717) is 0 Å². The fourth-order valence-electron chi connectivity index (χ4n) is 2.32. The number of methoxy groups -OCH3 is 3. The van der Waals surface area contributed by atoms with Crippen LogP contribution in [0.2, 0.25) is 0 Å². The maximum atomic E-state index is 5.39. The predicted octanol–water partition coefficient (Wildman–Crippen LogP) is 3.04. The maximum absolute atomic E-state index is 5.39. The van der Waals surface area contributed by atoms with Crippen LogP contribution in [0.3, 0.4) is 0 Å². The summed E-state index contributed by atoms with van der Waals surface area (Å²) < 4.78 is 15.9. The second-order valence-electron chi connectivity index (χ2n) is 4.96. The van der Waals surface area contributed by atoms with Gasteiger partial charge in [0.2, 0.25) is 0 Å². The van der Waals surface area contributed by atoms with Crippen LogP contribution >= 0.6 is 0 Å². The highest BCUT2D eigenvalue weighted by Gasteiger charge is 2.05. The Balaban J connectivity index is 1.88. The van der Waals surface area contributed by atoms with Crippen molar-refractivity contribution < 1.29 is 14.2 Å². The van der Waals surface area contributed by atoms with Crippen LogP contribution in [-0.4, -0.2) is 27.9 Å². The third-order valence-electron chi connectivity index (χ3n) is 3.52. The van der Waals surface area contributed by atoms with Gasteiger partial charge in [0.1, 0.15) is 17.2 Å². The number of hydrogen-bond donors (Lipinski definition) is 1. The first-order valence-corrected chi connectivity index (χ1v) is 7.31. The molecule has 0 aliphatic carbocycles. The van der Waals surface area contributed by atoms with Crippen LogP contribution in [0.15, 0.2) is 42.5 Å². The zero-order valence-electron chi connectivity index (χ0n) is 13.4. The normalized spacial score (nSPS) is 10.3. The number of nitrogens with one attached hydrogen (secondary N) is 1. The van der Waals surface area contributed by atoms with Crippen molar-refractivity contribution in [2.24, 2.45) is 0 Å². The Labute approximate surface area is 132 Å². The second-order valence-corrected chi connectivity index (χ2v) is 4.96. The largest absolute Gasteiger partial charge is 0.497 e. The van der Waals surface area contributed by atoms with Crippen LogP contribution in [0.1, 0.15) is 11.1 Å². The van der Waals surface area contributed by atoms with Gasteiger partial charge in [-0.3, -0.25) is 0 Å². The maximum Gasteiger partial charge on any atom is 0.122 e. The lowest BCUT2D eigenvalue weighted by molar-refractivity contribution is 0.398. The topological polar surface area (TPSA) is 39.7 Å². The molecular weight excluding hydrogens is 278 g/mol. The van der Waals surface area contributed by atoms with Crippen molar-refractivity contribution in [2.75, 3.05) is 27.9 Å². The Morgan fingerprint density at radius 2 is 1.64 bits per heavy atom. The van der Waals surface area contributed by atoms with Crippen LogP contribution in [0, 0.1) is 0 Å². The molecule has 0 saturated carbocycles. The summed E-state index contributed by atoms with van der Waals surface area (Å²) in [5.41, 5.74) is 2.34. The van der Waals surface area contributed by atoms with E-state index in [4.69, 9.17) is 14.2 Å². The summed E-state index contributed by atoms with van der Waals surface area (Å²) >= 11 is 0. The van der Waals surface area contributed by atoms with E-state index in [1.807, 2.05) is 36.4 Å². The van der Waals surface area contributed by atoms with Gasteiger partial charge in [-0.1, -0.05) is 12.1 Å². The van der Waals surface area contributed by atoms with Crippen LogP contribution < -0.4 is 19.5 Å². The average molecular weight is 301 g/mol. The molecule has 0 aliphatic heterocycles. The minimum absolute atomic E-state index is 0.809. The van der Waals surface area contributed by atoms with Gasteiger partial charge in [-0.25, -0.2) is 0 Å². The van der Waals surface area contributed by atoms with Crippen molar-refractivity contribution >= 4 is 0 Å². The van der Waals surface area contributed by atoms with E-state index in [2.05, 4.69) is 11.4 Å². The molecule has 0 radical (unpaired) electrons. The van der Waals surface area contributed by atoms with Crippen molar-refractivity contribution in [3.8, 4) is 17.2 Å². The molecule has 118 valence electrons. The zero-order valence-corrected chi connectivity index (χ0v) is 13.4. The highest BCUT2D eigenvalue weighted by atomic mass is 16.5. The molecule has 1 N–H and O–H groups in total. The fraction of sp³-hybridized carbons (Fsp3) is 0.333. The van der Waals surface area contributed by atoms with Gasteiger partial charge in [-0.05, 0) is 54.4 Å². The van der Waals surface area contributed by atoms with Crippen molar-refractivity contribution in [3.63, 3.8) is 0 Å². The zero-order chi connectivity index (χ0) is 15.8. The molecule has 22 heavy (non-hydrogen) atoms. The molecule has 0 fully saturated rings. The molecule has 2 aromatic rings. The summed E-state index contributed by atoms with van der Waals surface area (Å²) in [6, 6.07) is 13.9. The van der Waals surface area contributed by atoms with Crippen molar-refractivity contribution in [1.29, 1.82) is 0 Å². The number of rotatable bonds is 8. The van der Waals surface area contributed by atoms with Gasteiger partial charge in [-0.15, -0.1) is 0 Å². The Morgan fingerprint density at radius 1 is 0.864 bits per heavy atom. The van der Waals surface area contributed by atoms with Crippen LogP contribution in [0.4, 0.5) is 0 Å². The third-order valence-corrected chi connectivity index (χ3v) is 3.52. The van der Waals surface area contributed by atoms with Gasteiger partial charge < -0.3 is 19.5 Å².